The number of aromatic nitrogens is 2. The highest BCUT2D eigenvalue weighted by Crippen LogP contribution is 2.32. The molecule has 164 valence electrons. The van der Waals surface area contributed by atoms with Gasteiger partial charge in [-0.05, 0) is 31.7 Å². The molecule has 5 rings (SSSR count). The number of hydrogen-bond donors (Lipinski definition) is 1. The minimum atomic E-state index is -0.364. The summed E-state index contributed by atoms with van der Waals surface area (Å²) in [6.07, 6.45) is 3.62. The summed E-state index contributed by atoms with van der Waals surface area (Å²) in [6.45, 7) is 2.91. The van der Waals surface area contributed by atoms with E-state index >= 15 is 0 Å². The first kappa shape index (κ1) is 20.3. The molecule has 0 radical (unpaired) electrons. The molecule has 3 aliphatic heterocycles. The van der Waals surface area contributed by atoms with Crippen LogP contribution in [0.25, 0.3) is 0 Å². The molecule has 0 aliphatic carbocycles. The van der Waals surface area contributed by atoms with Crippen LogP contribution in [0.3, 0.4) is 0 Å². The number of aromatic amines is 1. The van der Waals surface area contributed by atoms with Gasteiger partial charge in [0.1, 0.15) is 17.7 Å². The minimum absolute atomic E-state index is 0.0106. The van der Waals surface area contributed by atoms with Crippen molar-refractivity contribution in [1.82, 2.24) is 19.8 Å². The predicted octanol–water partition coefficient (Wildman–Crippen LogP) is 2.31. The predicted molar refractivity (Wildman–Crippen MR) is 112 cm³/mol. The lowest BCUT2D eigenvalue weighted by atomic mass is 10.0. The van der Waals surface area contributed by atoms with Crippen molar-refractivity contribution in [3.63, 3.8) is 0 Å². The van der Waals surface area contributed by atoms with Gasteiger partial charge in [-0.2, -0.15) is 0 Å². The fourth-order valence-corrected chi connectivity index (χ4v) is 4.93. The third-order valence-electron chi connectivity index (χ3n) is 6.57. The lowest BCUT2D eigenvalue weighted by Crippen LogP contribution is -2.40. The van der Waals surface area contributed by atoms with E-state index in [0.717, 1.165) is 31.4 Å². The summed E-state index contributed by atoms with van der Waals surface area (Å²) >= 11 is 0. The monoisotopic (exact) mass is 426 g/mol. The van der Waals surface area contributed by atoms with Crippen LogP contribution in [-0.2, 0) is 29.0 Å². The molecule has 4 heterocycles. The van der Waals surface area contributed by atoms with Crippen LogP contribution in [0.2, 0.25) is 0 Å². The van der Waals surface area contributed by atoms with Crippen molar-refractivity contribution in [1.29, 1.82) is 0 Å². The van der Waals surface area contributed by atoms with Crippen molar-refractivity contribution >= 4 is 5.91 Å². The normalized spacial score (nSPS) is 23.8. The molecule has 1 aromatic heterocycles. The molecule has 0 saturated carbocycles. The van der Waals surface area contributed by atoms with Gasteiger partial charge in [0.05, 0.1) is 17.3 Å². The van der Waals surface area contributed by atoms with E-state index in [1.165, 1.54) is 6.07 Å². The fourth-order valence-electron chi connectivity index (χ4n) is 4.93. The fraction of sp³-hybridized carbons (Fsp3) is 0.522. The molecule has 1 amide bonds. The average Bonchev–Trinajstić information content (AvgIpc) is 3.48. The Morgan fingerprint density at radius 2 is 2.10 bits per heavy atom. The Morgan fingerprint density at radius 1 is 1.23 bits per heavy atom. The van der Waals surface area contributed by atoms with Gasteiger partial charge in [-0.3, -0.25) is 14.5 Å². The average molecular weight is 426 g/mol. The number of carbonyl (C=O) groups excluding carboxylic acids is 1. The van der Waals surface area contributed by atoms with Crippen molar-refractivity contribution in [3.8, 4) is 0 Å². The van der Waals surface area contributed by atoms with Gasteiger partial charge in [-0.1, -0.05) is 18.2 Å². The Kier molecular flexibility index (Phi) is 5.58. The number of rotatable bonds is 4. The van der Waals surface area contributed by atoms with Crippen molar-refractivity contribution in [2.75, 3.05) is 19.7 Å². The highest BCUT2D eigenvalue weighted by atomic mass is 19.1. The summed E-state index contributed by atoms with van der Waals surface area (Å²) in [5, 5.41) is 0. The first-order chi connectivity index (χ1) is 15.1. The van der Waals surface area contributed by atoms with Gasteiger partial charge < -0.3 is 14.6 Å². The molecule has 1 N–H and O–H groups in total. The molecule has 8 heteroatoms. The highest BCUT2D eigenvalue weighted by Gasteiger charge is 2.37. The third kappa shape index (κ3) is 4.02. The third-order valence-corrected chi connectivity index (χ3v) is 6.57. The van der Waals surface area contributed by atoms with E-state index in [1.807, 2.05) is 11.0 Å². The number of H-pyrrole nitrogens is 1. The zero-order chi connectivity index (χ0) is 21.4. The summed E-state index contributed by atoms with van der Waals surface area (Å²) in [7, 11) is 0. The molecule has 2 fully saturated rings. The molecular formula is C23H27FN4O3. The molecule has 7 nitrogen and oxygen atoms in total. The maximum Gasteiger partial charge on any atom is 0.255 e. The second-order valence-corrected chi connectivity index (χ2v) is 8.62. The highest BCUT2D eigenvalue weighted by molar-refractivity contribution is 5.81. The summed E-state index contributed by atoms with van der Waals surface area (Å²) in [4.78, 5) is 37.4. The van der Waals surface area contributed by atoms with Crippen molar-refractivity contribution < 1.29 is 13.9 Å². The largest absolute Gasteiger partial charge is 0.368 e. The topological polar surface area (TPSA) is 78.5 Å². The van der Waals surface area contributed by atoms with Crippen LogP contribution in [0, 0.1) is 5.82 Å². The zero-order valence-corrected chi connectivity index (χ0v) is 17.5. The SMILES string of the molecule is O=C(C1CCCO1)N1CCCC1c1nc2c(c(=O)[nH]1)CN(Cc1ccccc1F)CC2. The smallest absolute Gasteiger partial charge is 0.255 e. The van der Waals surface area contributed by atoms with Crippen LogP contribution >= 0.6 is 0 Å². The zero-order valence-electron chi connectivity index (χ0n) is 17.5. The van der Waals surface area contributed by atoms with Crippen molar-refractivity contribution in [2.45, 2.75) is 57.3 Å². The molecule has 2 atom stereocenters. The summed E-state index contributed by atoms with van der Waals surface area (Å²) in [5.41, 5.74) is 1.90. The van der Waals surface area contributed by atoms with Crippen LogP contribution in [0.5, 0.6) is 0 Å². The molecular weight excluding hydrogens is 399 g/mol. The van der Waals surface area contributed by atoms with Gasteiger partial charge in [0.25, 0.3) is 11.5 Å². The van der Waals surface area contributed by atoms with E-state index in [9.17, 15) is 14.0 Å². The lowest BCUT2D eigenvalue weighted by Gasteiger charge is -2.30. The van der Waals surface area contributed by atoms with Crippen LogP contribution in [0.1, 0.15) is 54.4 Å². The molecule has 1 aromatic carbocycles. The Labute approximate surface area is 180 Å². The molecule has 31 heavy (non-hydrogen) atoms. The number of hydrogen-bond acceptors (Lipinski definition) is 5. The number of benzene rings is 1. The number of likely N-dealkylation sites (tertiary alicyclic amines) is 1. The van der Waals surface area contributed by atoms with Gasteiger partial charge in [-0.25, -0.2) is 9.37 Å². The maximum atomic E-state index is 14.0. The number of fused-ring (bicyclic) bond motifs is 1. The van der Waals surface area contributed by atoms with Crippen LogP contribution in [0.15, 0.2) is 29.1 Å². The Bertz CT molecular complexity index is 1030. The Balaban J connectivity index is 1.34. The van der Waals surface area contributed by atoms with Crippen molar-refractivity contribution in [2.24, 2.45) is 0 Å². The number of ether oxygens (including phenoxy) is 1. The van der Waals surface area contributed by atoms with E-state index in [4.69, 9.17) is 9.72 Å². The van der Waals surface area contributed by atoms with E-state index in [-0.39, 0.29) is 29.4 Å². The second-order valence-electron chi connectivity index (χ2n) is 8.62. The van der Waals surface area contributed by atoms with Gasteiger partial charge in [0, 0.05) is 44.8 Å². The second kappa shape index (κ2) is 8.51. The van der Waals surface area contributed by atoms with E-state index in [1.54, 1.807) is 12.1 Å². The number of amides is 1. The van der Waals surface area contributed by atoms with Crippen LogP contribution < -0.4 is 5.56 Å². The number of nitrogens with one attached hydrogen (secondary N) is 1. The minimum Gasteiger partial charge on any atom is -0.368 e. The number of nitrogens with zero attached hydrogens (tertiary/aromatic N) is 3. The Morgan fingerprint density at radius 3 is 2.90 bits per heavy atom. The standard InChI is InChI=1S/C23H27FN4O3/c24-17-6-2-1-5-15(17)13-27-11-9-18-16(14-27)22(29)26-21(25-18)19-7-3-10-28(19)23(30)20-8-4-12-31-20/h1-2,5-6,19-20H,3-4,7-14H2,(H,25,26,29). The quantitative estimate of drug-likeness (QED) is 0.812. The van der Waals surface area contributed by atoms with Crippen LogP contribution in [0.4, 0.5) is 4.39 Å². The first-order valence-corrected chi connectivity index (χ1v) is 11.1. The number of halogens is 1. The first-order valence-electron chi connectivity index (χ1n) is 11.1. The maximum absolute atomic E-state index is 14.0. The van der Waals surface area contributed by atoms with Gasteiger partial charge >= 0.3 is 0 Å². The van der Waals surface area contributed by atoms with Gasteiger partial charge in [-0.15, -0.1) is 0 Å². The molecule has 0 spiro atoms. The van der Waals surface area contributed by atoms with Crippen LogP contribution in [-0.4, -0.2) is 51.5 Å². The van der Waals surface area contributed by atoms with Gasteiger partial charge in [0.2, 0.25) is 0 Å². The molecule has 0 bridgehead atoms. The molecule has 2 aromatic rings. The summed E-state index contributed by atoms with van der Waals surface area (Å²) < 4.78 is 19.6. The van der Waals surface area contributed by atoms with E-state index in [0.29, 0.717) is 56.2 Å². The Hall–Kier alpha value is -2.58. The lowest BCUT2D eigenvalue weighted by molar-refractivity contribution is -0.142. The van der Waals surface area contributed by atoms with E-state index in [2.05, 4.69) is 9.88 Å². The summed E-state index contributed by atoms with van der Waals surface area (Å²) in [5.74, 6) is 0.361. The number of carbonyl (C=O) groups is 1. The molecule has 2 unspecified atom stereocenters. The van der Waals surface area contributed by atoms with E-state index < -0.39 is 0 Å². The van der Waals surface area contributed by atoms with Crippen molar-refractivity contribution in [3.05, 3.63) is 63.1 Å². The van der Waals surface area contributed by atoms with Gasteiger partial charge in [0.15, 0.2) is 0 Å². The summed E-state index contributed by atoms with van der Waals surface area (Å²) in [6, 6.07) is 6.53. The molecule has 3 aliphatic rings. The molecule has 2 saturated heterocycles.